The molecule has 0 aliphatic carbocycles. The molecule has 1 aliphatic rings. The van der Waals surface area contributed by atoms with Crippen molar-refractivity contribution >= 4 is 5.91 Å². The summed E-state index contributed by atoms with van der Waals surface area (Å²) in [6.07, 6.45) is 2.96. The Labute approximate surface area is 85.4 Å². The zero-order chi connectivity index (χ0) is 10.4. The molecule has 0 aromatic rings. The van der Waals surface area contributed by atoms with E-state index in [9.17, 15) is 4.79 Å². The summed E-state index contributed by atoms with van der Waals surface area (Å²) in [6, 6.07) is 0.333. The molecule has 1 amide bonds. The van der Waals surface area contributed by atoms with Crippen LogP contribution in [-0.4, -0.2) is 38.3 Å². The number of hydrogen-bond acceptors (Lipinski definition) is 3. The molecular weight excluding hydrogens is 180 g/mol. The van der Waals surface area contributed by atoms with Crippen LogP contribution in [-0.2, 0) is 9.53 Å². The topological polar surface area (TPSA) is 50.4 Å². The second kappa shape index (κ2) is 5.98. The lowest BCUT2D eigenvalue weighted by atomic mass is 10.1. The van der Waals surface area contributed by atoms with Crippen LogP contribution in [0, 0.1) is 0 Å². The van der Waals surface area contributed by atoms with Gasteiger partial charge in [0.25, 0.3) is 0 Å². The van der Waals surface area contributed by atoms with Gasteiger partial charge in [-0.3, -0.25) is 4.79 Å². The first kappa shape index (κ1) is 11.5. The van der Waals surface area contributed by atoms with Gasteiger partial charge in [0, 0.05) is 26.3 Å². The van der Waals surface area contributed by atoms with Gasteiger partial charge in [-0.2, -0.15) is 0 Å². The van der Waals surface area contributed by atoms with Crippen LogP contribution < -0.4 is 10.6 Å². The highest BCUT2D eigenvalue weighted by molar-refractivity contribution is 5.82. The van der Waals surface area contributed by atoms with E-state index in [1.807, 2.05) is 0 Å². The maximum Gasteiger partial charge on any atom is 0.237 e. The molecule has 2 N–H and O–H groups in total. The number of ether oxygens (including phenoxy) is 1. The number of methoxy groups -OCH3 is 1. The van der Waals surface area contributed by atoms with Crippen LogP contribution in [0.2, 0.25) is 0 Å². The van der Waals surface area contributed by atoms with E-state index in [0.717, 1.165) is 32.4 Å². The molecule has 14 heavy (non-hydrogen) atoms. The van der Waals surface area contributed by atoms with Crippen molar-refractivity contribution in [1.29, 1.82) is 0 Å². The molecule has 0 saturated carbocycles. The fraction of sp³-hybridized carbons (Fsp3) is 0.900. The van der Waals surface area contributed by atoms with Gasteiger partial charge >= 0.3 is 0 Å². The average Bonchev–Trinajstić information content (AvgIpc) is 2.18. The first-order chi connectivity index (χ1) is 6.74. The lowest BCUT2D eigenvalue weighted by molar-refractivity contribution is -0.124. The van der Waals surface area contributed by atoms with Gasteiger partial charge in [-0.1, -0.05) is 0 Å². The van der Waals surface area contributed by atoms with Crippen molar-refractivity contribution in [3.63, 3.8) is 0 Å². The van der Waals surface area contributed by atoms with Crippen molar-refractivity contribution < 1.29 is 9.53 Å². The van der Waals surface area contributed by atoms with E-state index in [2.05, 4.69) is 17.6 Å². The Morgan fingerprint density at radius 3 is 3.14 bits per heavy atom. The third kappa shape index (κ3) is 3.64. The Balaban J connectivity index is 2.23. The normalized spacial score (nSPS) is 24.4. The van der Waals surface area contributed by atoms with E-state index in [1.54, 1.807) is 7.11 Å². The van der Waals surface area contributed by atoms with Crippen molar-refractivity contribution in [1.82, 2.24) is 10.6 Å². The Hall–Kier alpha value is -0.610. The van der Waals surface area contributed by atoms with E-state index in [1.165, 1.54) is 0 Å². The second-order valence-electron chi connectivity index (χ2n) is 3.84. The van der Waals surface area contributed by atoms with Crippen LogP contribution in [0.15, 0.2) is 0 Å². The number of hydrogen-bond donors (Lipinski definition) is 2. The highest BCUT2D eigenvalue weighted by Gasteiger charge is 2.22. The monoisotopic (exact) mass is 200 g/mol. The number of amides is 1. The fourth-order valence-electron chi connectivity index (χ4n) is 1.65. The maximum absolute atomic E-state index is 11.4. The SMILES string of the molecule is COCCC(C)NC1CCCNC1=O. The van der Waals surface area contributed by atoms with Crippen molar-refractivity contribution in [3.05, 3.63) is 0 Å². The van der Waals surface area contributed by atoms with Crippen molar-refractivity contribution in [2.75, 3.05) is 20.3 Å². The molecule has 1 aliphatic heterocycles. The van der Waals surface area contributed by atoms with Gasteiger partial charge in [-0.25, -0.2) is 0 Å². The molecular formula is C10H20N2O2. The third-order valence-electron chi connectivity index (χ3n) is 2.53. The molecule has 4 nitrogen and oxygen atoms in total. The summed E-state index contributed by atoms with van der Waals surface area (Å²) in [6.45, 7) is 3.65. The van der Waals surface area contributed by atoms with E-state index in [-0.39, 0.29) is 11.9 Å². The third-order valence-corrected chi connectivity index (χ3v) is 2.53. The van der Waals surface area contributed by atoms with Crippen molar-refractivity contribution in [3.8, 4) is 0 Å². The van der Waals surface area contributed by atoms with Crippen LogP contribution in [0.1, 0.15) is 26.2 Å². The lowest BCUT2D eigenvalue weighted by Crippen LogP contribution is -2.51. The van der Waals surface area contributed by atoms with Crippen LogP contribution in [0.5, 0.6) is 0 Å². The number of carbonyl (C=O) groups is 1. The molecule has 4 heteroatoms. The van der Waals surface area contributed by atoms with E-state index in [4.69, 9.17) is 4.74 Å². The maximum atomic E-state index is 11.4. The second-order valence-corrected chi connectivity index (χ2v) is 3.84. The van der Waals surface area contributed by atoms with Gasteiger partial charge in [0.15, 0.2) is 0 Å². The molecule has 1 saturated heterocycles. The Morgan fingerprint density at radius 1 is 1.71 bits per heavy atom. The van der Waals surface area contributed by atoms with Crippen LogP contribution in [0.4, 0.5) is 0 Å². The van der Waals surface area contributed by atoms with Gasteiger partial charge in [0.2, 0.25) is 5.91 Å². The quantitative estimate of drug-likeness (QED) is 0.670. The smallest absolute Gasteiger partial charge is 0.237 e. The van der Waals surface area contributed by atoms with Crippen LogP contribution in [0.3, 0.4) is 0 Å². The number of carbonyl (C=O) groups excluding carboxylic acids is 1. The number of nitrogens with one attached hydrogen (secondary N) is 2. The van der Waals surface area contributed by atoms with E-state index >= 15 is 0 Å². The summed E-state index contributed by atoms with van der Waals surface area (Å²) in [5.41, 5.74) is 0. The standard InChI is InChI=1S/C10H20N2O2/c1-8(5-7-14-2)12-9-4-3-6-11-10(9)13/h8-9,12H,3-7H2,1-2H3,(H,11,13). The summed E-state index contributed by atoms with van der Waals surface area (Å²) < 4.78 is 4.99. The van der Waals surface area contributed by atoms with E-state index in [0.29, 0.717) is 6.04 Å². The highest BCUT2D eigenvalue weighted by atomic mass is 16.5. The minimum Gasteiger partial charge on any atom is -0.385 e. The molecule has 2 unspecified atom stereocenters. The van der Waals surface area contributed by atoms with E-state index < -0.39 is 0 Å². The Kier molecular flexibility index (Phi) is 4.90. The molecule has 0 bridgehead atoms. The summed E-state index contributed by atoms with van der Waals surface area (Å²) in [4.78, 5) is 11.4. The highest BCUT2D eigenvalue weighted by Crippen LogP contribution is 2.05. The molecule has 1 heterocycles. The predicted molar refractivity (Wildman–Crippen MR) is 55.1 cm³/mol. The number of piperidine rings is 1. The molecule has 1 fully saturated rings. The summed E-state index contributed by atoms with van der Waals surface area (Å²) >= 11 is 0. The lowest BCUT2D eigenvalue weighted by Gasteiger charge is -2.26. The zero-order valence-electron chi connectivity index (χ0n) is 9.01. The molecule has 0 aromatic heterocycles. The fourth-order valence-corrected chi connectivity index (χ4v) is 1.65. The first-order valence-electron chi connectivity index (χ1n) is 5.26. The van der Waals surface area contributed by atoms with Crippen LogP contribution in [0.25, 0.3) is 0 Å². The van der Waals surface area contributed by atoms with Gasteiger partial charge in [0.05, 0.1) is 6.04 Å². The molecule has 2 atom stereocenters. The summed E-state index contributed by atoms with van der Waals surface area (Å²) in [5.74, 6) is 0.139. The molecule has 82 valence electrons. The van der Waals surface area contributed by atoms with Gasteiger partial charge < -0.3 is 15.4 Å². The molecule has 0 aromatic carbocycles. The van der Waals surface area contributed by atoms with Gasteiger partial charge in [-0.15, -0.1) is 0 Å². The zero-order valence-corrected chi connectivity index (χ0v) is 9.01. The summed E-state index contributed by atoms with van der Waals surface area (Å²) in [7, 11) is 1.69. The van der Waals surface area contributed by atoms with Crippen LogP contribution >= 0.6 is 0 Å². The first-order valence-corrected chi connectivity index (χ1v) is 5.26. The minimum atomic E-state index is -0.00407. The molecule has 0 radical (unpaired) electrons. The predicted octanol–water partition coefficient (Wildman–Crippen LogP) is 0.280. The van der Waals surface area contributed by atoms with Crippen molar-refractivity contribution in [2.24, 2.45) is 0 Å². The Morgan fingerprint density at radius 2 is 2.50 bits per heavy atom. The minimum absolute atomic E-state index is 0.00407. The summed E-state index contributed by atoms with van der Waals surface area (Å²) in [5, 5.41) is 6.17. The Bertz CT molecular complexity index is 185. The van der Waals surface area contributed by atoms with Gasteiger partial charge in [-0.05, 0) is 26.2 Å². The largest absolute Gasteiger partial charge is 0.385 e. The van der Waals surface area contributed by atoms with Gasteiger partial charge in [0.1, 0.15) is 0 Å². The number of rotatable bonds is 5. The molecule has 0 spiro atoms. The van der Waals surface area contributed by atoms with Crippen molar-refractivity contribution in [2.45, 2.75) is 38.3 Å². The average molecular weight is 200 g/mol. The molecule has 1 rings (SSSR count).